The summed E-state index contributed by atoms with van der Waals surface area (Å²) in [5, 5.41) is 11.7. The second kappa shape index (κ2) is 10.3. The number of benzene rings is 2. The van der Waals surface area contributed by atoms with Crippen LogP contribution in [0.15, 0.2) is 42.5 Å². The van der Waals surface area contributed by atoms with Gasteiger partial charge in [0, 0.05) is 25.2 Å². The van der Waals surface area contributed by atoms with Gasteiger partial charge in [-0.05, 0) is 41.3 Å². The Bertz CT molecular complexity index is 881. The molecule has 2 aromatic rings. The number of carbonyl (C=O) groups is 3. The molecule has 7 nitrogen and oxygen atoms in total. The molecule has 0 spiro atoms. The fourth-order valence-electron chi connectivity index (χ4n) is 3.08. The lowest BCUT2D eigenvalue weighted by Crippen LogP contribution is -2.19. The number of carbonyl (C=O) groups excluding carboxylic acids is 2. The fraction of sp³-hybridized carbons (Fsp3) is 0.318. The third-order valence-corrected chi connectivity index (χ3v) is 4.58. The van der Waals surface area contributed by atoms with Crippen LogP contribution in [0.25, 0.3) is 0 Å². The van der Waals surface area contributed by atoms with Crippen molar-refractivity contribution in [3.8, 4) is 0 Å². The van der Waals surface area contributed by atoms with Crippen molar-refractivity contribution in [3.05, 3.63) is 64.7 Å². The molecule has 0 aromatic heterocycles. The summed E-state index contributed by atoms with van der Waals surface area (Å²) in [5.41, 5.74) is 3.97. The van der Waals surface area contributed by atoms with Gasteiger partial charge in [0.05, 0.1) is 13.0 Å². The highest BCUT2D eigenvalue weighted by Crippen LogP contribution is 2.21. The van der Waals surface area contributed by atoms with Crippen LogP contribution in [0.2, 0.25) is 0 Å². The first-order valence-corrected chi connectivity index (χ1v) is 9.28. The van der Waals surface area contributed by atoms with E-state index in [4.69, 9.17) is 9.84 Å². The SMILES string of the molecule is Cc1ccccc1C(C)COC(=O)Nc1ccc(CC(=O)O)c(CN(C)C=O)c1. The van der Waals surface area contributed by atoms with E-state index in [-0.39, 0.29) is 25.5 Å². The second-order valence-electron chi connectivity index (χ2n) is 7.06. The minimum atomic E-state index is -0.967. The first-order valence-electron chi connectivity index (χ1n) is 9.28. The minimum Gasteiger partial charge on any atom is -0.481 e. The molecule has 2 aromatic carbocycles. The molecule has 7 heteroatoms. The number of hydrogen-bond acceptors (Lipinski definition) is 4. The summed E-state index contributed by atoms with van der Waals surface area (Å²) < 4.78 is 5.34. The number of ether oxygens (including phenoxy) is 1. The lowest BCUT2D eigenvalue weighted by molar-refractivity contribution is -0.136. The van der Waals surface area contributed by atoms with Crippen molar-refractivity contribution in [2.24, 2.45) is 0 Å². The van der Waals surface area contributed by atoms with Crippen LogP contribution < -0.4 is 5.32 Å². The van der Waals surface area contributed by atoms with Crippen molar-refractivity contribution in [2.45, 2.75) is 32.7 Å². The highest BCUT2D eigenvalue weighted by molar-refractivity contribution is 5.85. The molecule has 2 N–H and O–H groups in total. The molecule has 0 saturated heterocycles. The molecule has 1 unspecified atom stereocenters. The number of amides is 2. The molecule has 0 radical (unpaired) electrons. The van der Waals surface area contributed by atoms with Crippen LogP contribution in [0.3, 0.4) is 0 Å². The van der Waals surface area contributed by atoms with Gasteiger partial charge in [0.25, 0.3) is 0 Å². The number of aliphatic carboxylic acids is 1. The average molecular weight is 398 g/mol. The van der Waals surface area contributed by atoms with E-state index in [1.54, 1.807) is 25.2 Å². The summed E-state index contributed by atoms with van der Waals surface area (Å²) in [6, 6.07) is 12.9. The maximum Gasteiger partial charge on any atom is 0.411 e. The number of nitrogens with one attached hydrogen (secondary N) is 1. The van der Waals surface area contributed by atoms with Gasteiger partial charge in [-0.2, -0.15) is 0 Å². The average Bonchev–Trinajstić information content (AvgIpc) is 2.68. The summed E-state index contributed by atoms with van der Waals surface area (Å²) in [4.78, 5) is 35.6. The molecule has 29 heavy (non-hydrogen) atoms. The summed E-state index contributed by atoms with van der Waals surface area (Å²) in [6.07, 6.45) is -0.0989. The zero-order valence-electron chi connectivity index (χ0n) is 16.8. The van der Waals surface area contributed by atoms with Crippen molar-refractivity contribution < 1.29 is 24.2 Å². The van der Waals surface area contributed by atoms with Crippen molar-refractivity contribution in [3.63, 3.8) is 0 Å². The molecule has 0 aliphatic heterocycles. The third-order valence-electron chi connectivity index (χ3n) is 4.58. The minimum absolute atomic E-state index is 0.0525. The van der Waals surface area contributed by atoms with Gasteiger partial charge in [-0.1, -0.05) is 37.3 Å². The van der Waals surface area contributed by atoms with E-state index in [2.05, 4.69) is 5.32 Å². The van der Waals surface area contributed by atoms with Gasteiger partial charge in [-0.3, -0.25) is 14.9 Å². The molecule has 154 valence electrons. The van der Waals surface area contributed by atoms with Crippen LogP contribution in [0, 0.1) is 6.92 Å². The summed E-state index contributed by atoms with van der Waals surface area (Å²) in [5.74, 6) is -0.915. The monoisotopic (exact) mass is 398 g/mol. The largest absolute Gasteiger partial charge is 0.481 e. The maximum absolute atomic E-state index is 12.2. The van der Waals surface area contributed by atoms with Crippen LogP contribution in [0.1, 0.15) is 35.1 Å². The molecular formula is C22H26N2O5. The van der Waals surface area contributed by atoms with E-state index in [1.807, 2.05) is 38.1 Å². The van der Waals surface area contributed by atoms with Gasteiger partial charge in [0.1, 0.15) is 0 Å². The Hall–Kier alpha value is -3.35. The van der Waals surface area contributed by atoms with E-state index in [0.29, 0.717) is 23.2 Å². The molecule has 0 fully saturated rings. The predicted octanol–water partition coefficient (Wildman–Crippen LogP) is 3.56. The van der Waals surface area contributed by atoms with E-state index in [0.717, 1.165) is 11.1 Å². The molecular weight excluding hydrogens is 372 g/mol. The molecule has 2 amide bonds. The topological polar surface area (TPSA) is 95.9 Å². The van der Waals surface area contributed by atoms with Gasteiger partial charge in [0.15, 0.2) is 0 Å². The first kappa shape index (κ1) is 21.9. The van der Waals surface area contributed by atoms with E-state index in [1.165, 1.54) is 4.90 Å². The zero-order chi connectivity index (χ0) is 21.4. The van der Waals surface area contributed by atoms with Crippen molar-refractivity contribution in [1.82, 2.24) is 4.90 Å². The lowest BCUT2D eigenvalue weighted by atomic mass is 9.97. The second-order valence-corrected chi connectivity index (χ2v) is 7.06. The Balaban J connectivity index is 2.03. The Kier molecular flexibility index (Phi) is 7.77. The van der Waals surface area contributed by atoms with Gasteiger partial charge >= 0.3 is 12.1 Å². The van der Waals surface area contributed by atoms with Gasteiger partial charge in [0.2, 0.25) is 6.41 Å². The number of carboxylic acid groups (broad SMARTS) is 1. The van der Waals surface area contributed by atoms with Gasteiger partial charge in [-0.15, -0.1) is 0 Å². The lowest BCUT2D eigenvalue weighted by Gasteiger charge is -2.17. The quantitative estimate of drug-likeness (QED) is 0.630. The van der Waals surface area contributed by atoms with Crippen molar-refractivity contribution in [2.75, 3.05) is 19.0 Å². The highest BCUT2D eigenvalue weighted by Gasteiger charge is 2.14. The van der Waals surface area contributed by atoms with Crippen LogP contribution in [-0.2, 0) is 27.3 Å². The van der Waals surface area contributed by atoms with E-state index < -0.39 is 12.1 Å². The Labute approximate surface area is 170 Å². The maximum atomic E-state index is 12.2. The zero-order valence-corrected chi connectivity index (χ0v) is 16.8. The number of nitrogens with zero attached hydrogens (tertiary/aromatic N) is 1. The predicted molar refractivity (Wildman–Crippen MR) is 110 cm³/mol. The van der Waals surface area contributed by atoms with Crippen LogP contribution in [-0.4, -0.2) is 42.1 Å². The molecule has 2 rings (SSSR count). The van der Waals surface area contributed by atoms with Crippen molar-refractivity contribution in [1.29, 1.82) is 0 Å². The Morgan fingerprint density at radius 2 is 1.93 bits per heavy atom. The van der Waals surface area contributed by atoms with Gasteiger partial charge < -0.3 is 14.7 Å². The number of rotatable bonds is 9. The smallest absolute Gasteiger partial charge is 0.411 e. The van der Waals surface area contributed by atoms with Crippen LogP contribution in [0.5, 0.6) is 0 Å². The molecule has 0 bridgehead atoms. The Morgan fingerprint density at radius 3 is 2.59 bits per heavy atom. The summed E-state index contributed by atoms with van der Waals surface area (Å²) in [6.45, 7) is 4.47. The van der Waals surface area contributed by atoms with Crippen molar-refractivity contribution >= 4 is 24.2 Å². The van der Waals surface area contributed by atoms with Crippen LogP contribution in [0.4, 0.5) is 10.5 Å². The fourth-order valence-corrected chi connectivity index (χ4v) is 3.08. The molecule has 0 heterocycles. The van der Waals surface area contributed by atoms with E-state index >= 15 is 0 Å². The molecule has 0 aliphatic carbocycles. The van der Waals surface area contributed by atoms with Gasteiger partial charge in [-0.25, -0.2) is 4.79 Å². The number of carboxylic acids is 1. The highest BCUT2D eigenvalue weighted by atomic mass is 16.5. The summed E-state index contributed by atoms with van der Waals surface area (Å²) in [7, 11) is 1.60. The van der Waals surface area contributed by atoms with Crippen LogP contribution >= 0.6 is 0 Å². The third kappa shape index (κ3) is 6.64. The summed E-state index contributed by atoms with van der Waals surface area (Å²) >= 11 is 0. The van der Waals surface area contributed by atoms with E-state index in [9.17, 15) is 14.4 Å². The Morgan fingerprint density at radius 1 is 1.21 bits per heavy atom. The molecule has 0 saturated carbocycles. The number of hydrogen-bond donors (Lipinski definition) is 2. The number of anilines is 1. The molecule has 0 aliphatic rings. The standard InChI is InChI=1S/C22H26N2O5/c1-15-6-4-5-7-20(15)16(2)13-29-22(28)23-19-9-8-17(11-21(26)27)18(10-19)12-24(3)14-25/h4-10,14,16H,11-13H2,1-3H3,(H,23,28)(H,26,27). The first-order chi connectivity index (χ1) is 13.8. The molecule has 1 atom stereocenters. The normalized spacial score (nSPS) is 11.4. The number of aryl methyl sites for hydroxylation is 1.